The Morgan fingerprint density at radius 1 is 1.08 bits per heavy atom. The molecule has 0 unspecified atom stereocenters. The summed E-state index contributed by atoms with van der Waals surface area (Å²) in [5.41, 5.74) is 0.853. The van der Waals surface area contributed by atoms with Crippen molar-refractivity contribution in [3.8, 4) is 17.1 Å². The van der Waals surface area contributed by atoms with Gasteiger partial charge in [0.25, 0.3) is 5.69 Å². The van der Waals surface area contributed by atoms with Crippen molar-refractivity contribution in [1.82, 2.24) is 19.2 Å². The van der Waals surface area contributed by atoms with Crippen LogP contribution in [0.4, 0.5) is 11.5 Å². The number of nitro benzene ring substituents is 1. The SMILES string of the molecule is CS(=O)(=O)N1CCN(Cc2cc3nc(-c4cc(O)cc([N+](=O)[O-])c4)nc(N4CCOCC4)c3s2)CC1. The Bertz CT molecular complexity index is 1400. The van der Waals surface area contributed by atoms with Gasteiger partial charge in [-0.2, -0.15) is 4.31 Å². The predicted octanol–water partition coefficient (Wildman–Crippen LogP) is 1.89. The highest BCUT2D eigenvalue weighted by atomic mass is 32.2. The number of ether oxygens (including phenoxy) is 1. The third-order valence-corrected chi connectivity index (χ3v) is 8.67. The molecule has 0 spiro atoms. The van der Waals surface area contributed by atoms with E-state index in [0.29, 0.717) is 70.4 Å². The second-order valence-corrected chi connectivity index (χ2v) is 11.9. The number of hydrogen-bond donors (Lipinski definition) is 1. The average Bonchev–Trinajstić information content (AvgIpc) is 3.25. The number of benzene rings is 1. The van der Waals surface area contributed by atoms with Gasteiger partial charge in [-0.25, -0.2) is 18.4 Å². The molecule has 5 rings (SSSR count). The molecule has 2 saturated heterocycles. The molecule has 12 nitrogen and oxygen atoms in total. The summed E-state index contributed by atoms with van der Waals surface area (Å²) < 4.78 is 31.5. The number of aromatic hydroxyl groups is 1. The van der Waals surface area contributed by atoms with Crippen LogP contribution in [0, 0.1) is 10.1 Å². The lowest BCUT2D eigenvalue weighted by molar-refractivity contribution is -0.384. The molecular formula is C22H26N6O6S2. The summed E-state index contributed by atoms with van der Waals surface area (Å²) in [5.74, 6) is 0.812. The number of piperazine rings is 1. The maximum Gasteiger partial charge on any atom is 0.273 e. The lowest BCUT2D eigenvalue weighted by Gasteiger charge is -2.32. The molecule has 3 aromatic rings. The van der Waals surface area contributed by atoms with Gasteiger partial charge in [0.15, 0.2) is 11.6 Å². The molecule has 0 atom stereocenters. The largest absolute Gasteiger partial charge is 0.508 e. The van der Waals surface area contributed by atoms with E-state index in [4.69, 9.17) is 14.7 Å². The molecule has 0 bridgehead atoms. The number of anilines is 1. The van der Waals surface area contributed by atoms with Crippen molar-refractivity contribution in [2.45, 2.75) is 6.54 Å². The van der Waals surface area contributed by atoms with Crippen molar-refractivity contribution in [2.75, 3.05) is 63.6 Å². The van der Waals surface area contributed by atoms with E-state index in [1.807, 2.05) is 6.07 Å². The maximum absolute atomic E-state index is 11.8. The van der Waals surface area contributed by atoms with Gasteiger partial charge in [-0.1, -0.05) is 0 Å². The van der Waals surface area contributed by atoms with Crippen molar-refractivity contribution >= 4 is 43.1 Å². The lowest BCUT2D eigenvalue weighted by Crippen LogP contribution is -2.47. The van der Waals surface area contributed by atoms with Crippen LogP contribution >= 0.6 is 11.3 Å². The van der Waals surface area contributed by atoms with Crippen molar-refractivity contribution < 1.29 is 23.2 Å². The first kappa shape index (κ1) is 24.8. The normalized spacial score (nSPS) is 18.1. The number of fused-ring (bicyclic) bond motifs is 1. The summed E-state index contributed by atoms with van der Waals surface area (Å²) in [7, 11) is -3.19. The average molecular weight is 535 g/mol. The highest BCUT2D eigenvalue weighted by molar-refractivity contribution is 7.88. The summed E-state index contributed by atoms with van der Waals surface area (Å²) in [6.07, 6.45) is 1.24. The third-order valence-electron chi connectivity index (χ3n) is 6.27. The van der Waals surface area contributed by atoms with Crippen LogP contribution in [0.1, 0.15) is 4.88 Å². The molecule has 2 aliphatic heterocycles. The van der Waals surface area contributed by atoms with Gasteiger partial charge in [0.1, 0.15) is 5.75 Å². The summed E-state index contributed by atoms with van der Waals surface area (Å²) in [6, 6.07) is 5.87. The van der Waals surface area contributed by atoms with E-state index in [-0.39, 0.29) is 11.4 Å². The fraction of sp³-hybridized carbons (Fsp3) is 0.455. The molecule has 0 radical (unpaired) electrons. The van der Waals surface area contributed by atoms with E-state index in [2.05, 4.69) is 9.80 Å². The Balaban J connectivity index is 1.49. The van der Waals surface area contributed by atoms with E-state index in [0.717, 1.165) is 27.0 Å². The van der Waals surface area contributed by atoms with Gasteiger partial charge in [0.2, 0.25) is 10.0 Å². The molecule has 192 valence electrons. The fourth-order valence-corrected chi connectivity index (χ4v) is 6.41. The predicted molar refractivity (Wildman–Crippen MR) is 136 cm³/mol. The first-order chi connectivity index (χ1) is 17.2. The second-order valence-electron chi connectivity index (χ2n) is 8.83. The van der Waals surface area contributed by atoms with Crippen LogP contribution in [-0.4, -0.2) is 96.4 Å². The molecule has 0 saturated carbocycles. The van der Waals surface area contributed by atoms with Gasteiger partial charge >= 0.3 is 0 Å². The monoisotopic (exact) mass is 534 g/mol. The smallest absolute Gasteiger partial charge is 0.273 e. The number of aromatic nitrogens is 2. The third kappa shape index (κ3) is 5.27. The number of nitro groups is 1. The minimum absolute atomic E-state index is 0.227. The molecule has 36 heavy (non-hydrogen) atoms. The highest BCUT2D eigenvalue weighted by Crippen LogP contribution is 2.36. The zero-order valence-electron chi connectivity index (χ0n) is 19.7. The number of phenolic OH excluding ortho intramolecular Hbond substituents is 1. The van der Waals surface area contributed by atoms with Crippen molar-refractivity contribution in [3.63, 3.8) is 0 Å². The number of thiophene rings is 1. The summed E-state index contributed by atoms with van der Waals surface area (Å²) in [6.45, 7) is 5.32. The summed E-state index contributed by atoms with van der Waals surface area (Å²) in [4.78, 5) is 25.7. The number of nitrogens with zero attached hydrogens (tertiary/aromatic N) is 6. The van der Waals surface area contributed by atoms with Crippen LogP contribution in [-0.2, 0) is 21.3 Å². The van der Waals surface area contributed by atoms with E-state index in [1.165, 1.54) is 22.7 Å². The Hall–Kier alpha value is -2.91. The van der Waals surface area contributed by atoms with E-state index < -0.39 is 14.9 Å². The van der Waals surface area contributed by atoms with Crippen LogP contribution in [0.5, 0.6) is 5.75 Å². The molecule has 0 aliphatic carbocycles. The van der Waals surface area contributed by atoms with Crippen LogP contribution in [0.2, 0.25) is 0 Å². The zero-order valence-corrected chi connectivity index (χ0v) is 21.3. The van der Waals surface area contributed by atoms with Crippen LogP contribution in [0.3, 0.4) is 0 Å². The molecule has 1 N–H and O–H groups in total. The molecule has 14 heteroatoms. The number of phenols is 1. The number of morpholine rings is 1. The molecule has 2 fully saturated rings. The topological polar surface area (TPSA) is 142 Å². The van der Waals surface area contributed by atoms with Gasteiger partial charge in [0, 0.05) is 62.3 Å². The Labute approximate surface area is 211 Å². The van der Waals surface area contributed by atoms with E-state index in [1.54, 1.807) is 11.3 Å². The Kier molecular flexibility index (Phi) is 6.78. The maximum atomic E-state index is 11.8. The summed E-state index contributed by atoms with van der Waals surface area (Å²) in [5, 5.41) is 21.4. The number of rotatable bonds is 6. The van der Waals surface area contributed by atoms with Gasteiger partial charge in [-0.3, -0.25) is 15.0 Å². The molecule has 0 amide bonds. The minimum atomic E-state index is -3.19. The number of sulfonamides is 1. The van der Waals surface area contributed by atoms with E-state index >= 15 is 0 Å². The fourth-order valence-electron chi connectivity index (χ4n) is 4.43. The van der Waals surface area contributed by atoms with Gasteiger partial charge in [-0.15, -0.1) is 11.3 Å². The first-order valence-corrected chi connectivity index (χ1v) is 14.1. The minimum Gasteiger partial charge on any atom is -0.508 e. The van der Waals surface area contributed by atoms with Crippen molar-refractivity contribution in [3.05, 3.63) is 39.3 Å². The Morgan fingerprint density at radius 3 is 2.47 bits per heavy atom. The molecular weight excluding hydrogens is 508 g/mol. The zero-order chi connectivity index (χ0) is 25.4. The quantitative estimate of drug-likeness (QED) is 0.368. The molecule has 4 heterocycles. The van der Waals surface area contributed by atoms with Crippen LogP contribution in [0.25, 0.3) is 21.6 Å². The van der Waals surface area contributed by atoms with Gasteiger partial charge < -0.3 is 14.7 Å². The lowest BCUT2D eigenvalue weighted by atomic mass is 10.1. The van der Waals surface area contributed by atoms with Gasteiger partial charge in [-0.05, 0) is 12.1 Å². The number of non-ortho nitro benzene ring substituents is 1. The van der Waals surface area contributed by atoms with E-state index in [9.17, 15) is 23.6 Å². The second kappa shape index (κ2) is 9.86. The molecule has 1 aromatic carbocycles. The van der Waals surface area contributed by atoms with Gasteiger partial charge in [0.05, 0.1) is 40.7 Å². The van der Waals surface area contributed by atoms with Crippen LogP contribution in [0.15, 0.2) is 24.3 Å². The van der Waals surface area contributed by atoms with Crippen molar-refractivity contribution in [1.29, 1.82) is 0 Å². The van der Waals surface area contributed by atoms with Crippen LogP contribution < -0.4 is 4.90 Å². The number of hydrogen-bond acceptors (Lipinski definition) is 11. The Morgan fingerprint density at radius 2 is 1.81 bits per heavy atom. The molecule has 2 aromatic heterocycles. The van der Waals surface area contributed by atoms with Crippen molar-refractivity contribution in [2.24, 2.45) is 0 Å². The standard InChI is InChI=1S/C22H26N6O6S2/c1-36(32,33)27-4-2-25(3-5-27)14-18-13-19-20(35-18)22(26-6-8-34-9-7-26)24-21(23-19)15-10-16(28(30)31)12-17(29)11-15/h10-13,29H,2-9,14H2,1H3. The summed E-state index contributed by atoms with van der Waals surface area (Å²) >= 11 is 1.59. The highest BCUT2D eigenvalue weighted by Gasteiger charge is 2.25. The molecule has 2 aliphatic rings. The first-order valence-electron chi connectivity index (χ1n) is 11.5.